The van der Waals surface area contributed by atoms with E-state index in [0.717, 1.165) is 71.3 Å². The molecular formula is C70H81Br2ClN8O12. The number of carbonyl (C=O) groups is 7. The fourth-order valence-corrected chi connectivity index (χ4v) is 11.3. The van der Waals surface area contributed by atoms with Crippen molar-refractivity contribution >= 4 is 85.0 Å². The van der Waals surface area contributed by atoms with Crippen molar-refractivity contribution in [3.8, 4) is 0 Å². The number of aliphatic carboxylic acids is 1. The Morgan fingerprint density at radius 3 is 1.47 bits per heavy atom. The predicted octanol–water partition coefficient (Wildman–Crippen LogP) is 5.65. The lowest BCUT2D eigenvalue weighted by molar-refractivity contribution is -0.697. The Morgan fingerprint density at radius 2 is 1.05 bits per heavy atom. The van der Waals surface area contributed by atoms with E-state index in [1.807, 2.05) is 137 Å². The van der Waals surface area contributed by atoms with Crippen LogP contribution in [0.4, 0.5) is 21.0 Å². The molecule has 4 aromatic carbocycles. The van der Waals surface area contributed by atoms with Crippen molar-refractivity contribution in [3.05, 3.63) is 213 Å². The SMILES string of the molecule is CCC[n+]1cc(Br)cc(C(=O)N(CCC(=O)NCCOC(=O)N2CCc3ccccc3C2)c2ccccc2)c1.CCC[n+]1cc(Br)cc(C(=O)N(CCC(=O)NCCOC(=O)N2CCc3ccccc3C2)c2ccccc2)c1.O=C([O-])/C=C/C=C/CC1COCCO1.[Cl-]. The summed E-state index contributed by atoms with van der Waals surface area (Å²) in [6.45, 7) is 10.9. The smallest absolute Gasteiger partial charge is 0.410 e. The molecule has 1 unspecified atom stereocenters. The van der Waals surface area contributed by atoms with Gasteiger partial charge in [-0.25, -0.2) is 18.7 Å². The van der Waals surface area contributed by atoms with Crippen molar-refractivity contribution in [1.82, 2.24) is 20.4 Å². The number of rotatable bonds is 24. The molecule has 0 bridgehead atoms. The number of nitrogens with zero attached hydrogens (tertiary/aromatic N) is 6. The number of allylic oxidation sites excluding steroid dienone is 2. The largest absolute Gasteiger partial charge is 1.00 e. The van der Waals surface area contributed by atoms with Crippen molar-refractivity contribution in [1.29, 1.82) is 0 Å². The Morgan fingerprint density at radius 1 is 0.613 bits per heavy atom. The lowest BCUT2D eigenvalue weighted by Crippen LogP contribution is -3.00. The highest BCUT2D eigenvalue weighted by Gasteiger charge is 2.26. The highest BCUT2D eigenvalue weighted by Crippen LogP contribution is 2.23. The molecule has 1 fully saturated rings. The van der Waals surface area contributed by atoms with Gasteiger partial charge in [-0.15, -0.1) is 0 Å². The minimum Gasteiger partial charge on any atom is -1.00 e. The number of halogens is 3. The summed E-state index contributed by atoms with van der Waals surface area (Å²) in [7, 11) is 0. The predicted molar refractivity (Wildman–Crippen MR) is 353 cm³/mol. The standard InChI is InChI=1S/2C30H33BrN4O4.C10H14O4.ClH/c2*1-2-15-33-20-25(19-26(31)22-33)29(37)35(27-10-4-3-5-11-27)17-13-28(36)32-14-18-39-30(38)34-16-12-23-8-6-7-9-24(23)21-34;11-10(12)5-3-1-2-4-9-8-13-6-7-14-9;/h2*3-11,19-20,22H,2,12-18,21H2,1H3;1-3,5,9H,4,6-8H2,(H,11,12);1H/b;;2-1+,5-3+;. The molecule has 494 valence electrons. The van der Waals surface area contributed by atoms with Crippen molar-refractivity contribution < 1.29 is 79.2 Å². The number of carbonyl (C=O) groups excluding carboxylic acids is 7. The Hall–Kier alpha value is -8.28. The number of carboxylic acid groups (broad SMARTS) is 1. The number of aryl methyl sites for hydroxylation is 2. The van der Waals surface area contributed by atoms with Crippen molar-refractivity contribution in [2.75, 3.05) is 82.1 Å². The van der Waals surface area contributed by atoms with Gasteiger partial charge < -0.3 is 71.5 Å². The minimum atomic E-state index is -1.19. The van der Waals surface area contributed by atoms with Gasteiger partial charge >= 0.3 is 12.2 Å². The maximum absolute atomic E-state index is 13.5. The molecule has 6 aromatic rings. The third-order valence-corrected chi connectivity index (χ3v) is 15.7. The Balaban J connectivity index is 0.000000243. The number of fused-ring (bicyclic) bond motifs is 2. The first-order valence-corrected chi connectivity index (χ1v) is 32.6. The van der Waals surface area contributed by atoms with Gasteiger partial charge in [-0.3, -0.25) is 19.2 Å². The summed E-state index contributed by atoms with van der Waals surface area (Å²) in [4.78, 5) is 93.8. The average Bonchev–Trinajstić information content (AvgIpc) is 0.940. The maximum Gasteiger partial charge on any atom is 0.410 e. The van der Waals surface area contributed by atoms with Crippen molar-refractivity contribution in [2.45, 2.75) is 91.1 Å². The van der Waals surface area contributed by atoms with E-state index in [1.165, 1.54) is 17.2 Å². The first-order chi connectivity index (χ1) is 44.7. The lowest BCUT2D eigenvalue weighted by Gasteiger charge is -2.28. The van der Waals surface area contributed by atoms with Crippen LogP contribution >= 0.6 is 31.9 Å². The second kappa shape index (κ2) is 40.0. The molecule has 2 aromatic heterocycles. The zero-order valence-electron chi connectivity index (χ0n) is 52.5. The van der Waals surface area contributed by atoms with Crippen LogP contribution in [0.2, 0.25) is 0 Å². The fraction of sp³-hybridized carbons (Fsp3) is 0.357. The lowest BCUT2D eigenvalue weighted by atomic mass is 10.0. The molecule has 0 spiro atoms. The molecule has 6 amide bonds. The number of hydrogen-bond donors (Lipinski definition) is 2. The third-order valence-electron chi connectivity index (χ3n) is 14.8. The average molecular weight is 1420 g/mol. The van der Waals surface area contributed by atoms with E-state index in [0.29, 0.717) is 68.5 Å². The van der Waals surface area contributed by atoms with Crippen LogP contribution in [0.15, 0.2) is 179 Å². The van der Waals surface area contributed by atoms with Crippen LogP contribution in [0, 0.1) is 0 Å². The number of benzene rings is 4. The molecular weight excluding hydrogens is 1340 g/mol. The molecule has 9 rings (SSSR count). The van der Waals surface area contributed by atoms with Gasteiger partial charge in [-0.1, -0.05) is 117 Å². The summed E-state index contributed by atoms with van der Waals surface area (Å²) in [5, 5.41) is 15.6. The molecule has 23 heteroatoms. The minimum absolute atomic E-state index is 0. The number of anilines is 2. The Bertz CT molecular complexity index is 3270. The molecule has 3 aliphatic heterocycles. The van der Waals surface area contributed by atoms with E-state index in [4.69, 9.17) is 18.9 Å². The zero-order chi connectivity index (χ0) is 65.5. The number of nitrogens with one attached hydrogen (secondary N) is 2. The molecule has 0 aliphatic carbocycles. The highest BCUT2D eigenvalue weighted by molar-refractivity contribution is 9.10. The van der Waals surface area contributed by atoms with E-state index in [2.05, 4.69) is 68.5 Å². The topological polar surface area (TPSA) is 224 Å². The third kappa shape index (κ3) is 24.9. The van der Waals surface area contributed by atoms with Crippen molar-refractivity contribution in [3.63, 3.8) is 0 Å². The summed E-state index contributed by atoms with van der Waals surface area (Å²) in [5.74, 6) is -2.00. The van der Waals surface area contributed by atoms with E-state index in [1.54, 1.807) is 37.8 Å². The van der Waals surface area contributed by atoms with Gasteiger partial charge in [-0.2, -0.15) is 0 Å². The summed E-state index contributed by atoms with van der Waals surface area (Å²) in [5.41, 5.74) is 7.30. The number of carboxylic acids is 1. The van der Waals surface area contributed by atoms with E-state index >= 15 is 0 Å². The van der Waals surface area contributed by atoms with Crippen molar-refractivity contribution in [2.24, 2.45) is 0 Å². The molecule has 1 saturated heterocycles. The Labute approximate surface area is 567 Å². The van der Waals surface area contributed by atoms with Gasteiger partial charge in [0.15, 0.2) is 24.8 Å². The van der Waals surface area contributed by atoms with Crippen LogP contribution in [-0.4, -0.2) is 130 Å². The highest BCUT2D eigenvalue weighted by atomic mass is 79.9. The zero-order valence-corrected chi connectivity index (χ0v) is 56.4. The summed E-state index contributed by atoms with van der Waals surface area (Å²) < 4.78 is 26.9. The molecule has 1 atom stereocenters. The van der Waals surface area contributed by atoms with E-state index in [-0.39, 0.29) is 107 Å². The second-order valence-electron chi connectivity index (χ2n) is 21.8. The molecule has 0 radical (unpaired) electrons. The number of hydrogen-bond acceptors (Lipinski definition) is 12. The van der Waals surface area contributed by atoms with Gasteiger partial charge in [-0.05, 0) is 116 Å². The van der Waals surface area contributed by atoms with Crippen LogP contribution < -0.4 is 47.1 Å². The maximum atomic E-state index is 13.5. The summed E-state index contributed by atoms with van der Waals surface area (Å²) in [6.07, 6.45) is 17.3. The summed E-state index contributed by atoms with van der Waals surface area (Å²) >= 11 is 7.00. The van der Waals surface area contributed by atoms with Gasteiger partial charge in [0, 0.05) is 76.3 Å². The number of pyridine rings is 2. The molecule has 20 nitrogen and oxygen atoms in total. The number of para-hydroxylation sites is 2. The second-order valence-corrected chi connectivity index (χ2v) is 23.6. The summed E-state index contributed by atoms with van der Waals surface area (Å²) in [6, 6.07) is 38.4. The van der Waals surface area contributed by atoms with E-state index in [9.17, 15) is 38.7 Å². The molecule has 93 heavy (non-hydrogen) atoms. The van der Waals surface area contributed by atoms with Gasteiger partial charge in [0.1, 0.15) is 37.4 Å². The first kappa shape index (κ1) is 73.8. The van der Waals surface area contributed by atoms with Crippen LogP contribution in [0.3, 0.4) is 0 Å². The van der Waals surface area contributed by atoms with Crippen LogP contribution in [-0.2, 0) is 72.4 Å². The molecule has 5 heterocycles. The molecule has 2 N–H and O–H groups in total. The van der Waals surface area contributed by atoms with Crippen LogP contribution in [0.25, 0.3) is 0 Å². The number of aromatic nitrogens is 2. The van der Waals surface area contributed by atoms with Crippen LogP contribution in [0.1, 0.15) is 88.9 Å². The number of ether oxygens (including phenoxy) is 4. The fourth-order valence-electron chi connectivity index (χ4n) is 10.3. The van der Waals surface area contributed by atoms with Crippen LogP contribution in [0.5, 0.6) is 0 Å². The van der Waals surface area contributed by atoms with Gasteiger partial charge in [0.25, 0.3) is 11.8 Å². The quantitative estimate of drug-likeness (QED) is 0.0325. The van der Waals surface area contributed by atoms with Gasteiger partial charge in [0.05, 0.1) is 53.9 Å². The normalized spacial score (nSPS) is 13.9. The molecule has 0 saturated carbocycles. The van der Waals surface area contributed by atoms with E-state index < -0.39 is 5.97 Å². The Kier molecular flexibility index (Phi) is 31.7. The molecule has 3 aliphatic rings. The number of amides is 6. The van der Waals surface area contributed by atoms with Gasteiger partial charge in [0.2, 0.25) is 11.8 Å². The first-order valence-electron chi connectivity index (χ1n) is 31.0. The monoisotopic (exact) mass is 1420 g/mol.